The Kier molecular flexibility index (Phi) is 8.87. The van der Waals surface area contributed by atoms with Crippen molar-refractivity contribution in [1.82, 2.24) is 5.32 Å². The van der Waals surface area contributed by atoms with E-state index in [0.717, 1.165) is 10.5 Å². The summed E-state index contributed by atoms with van der Waals surface area (Å²) in [4.78, 5) is 50.1. The van der Waals surface area contributed by atoms with Gasteiger partial charge in [0.05, 0.1) is 17.7 Å². The fraction of sp³-hybridized carbons (Fsp3) is 0.0938. The molecule has 0 aromatic heterocycles. The molecule has 1 aliphatic rings. The zero-order valence-electron chi connectivity index (χ0n) is 23.2. The van der Waals surface area contributed by atoms with Gasteiger partial charge in [-0.2, -0.15) is 0 Å². The van der Waals surface area contributed by atoms with Crippen molar-refractivity contribution in [1.29, 1.82) is 0 Å². The maximum absolute atomic E-state index is 13.4. The summed E-state index contributed by atoms with van der Waals surface area (Å²) in [5, 5.41) is 13.9. The standard InChI is InChI=1S/C32H24ClN3O8/c1-42-29-17-21(7-14-28(29)44-19-22-3-2-4-25(15-22)36(40)41)16-27-30(37)34-32(39)35(31(27)38)24-10-12-26(13-11-24)43-18-20-5-8-23(33)9-6-20/h2-17H,18-19H2,1H3,(H,34,37,39)/b27-16+. The number of nitrogens with one attached hydrogen (secondary N) is 1. The van der Waals surface area contributed by atoms with Crippen LogP contribution in [0.15, 0.2) is 96.6 Å². The summed E-state index contributed by atoms with van der Waals surface area (Å²) in [6, 6.07) is 23.4. The van der Waals surface area contributed by atoms with Gasteiger partial charge < -0.3 is 14.2 Å². The van der Waals surface area contributed by atoms with Crippen LogP contribution >= 0.6 is 11.6 Å². The maximum Gasteiger partial charge on any atom is 0.335 e. The molecule has 0 spiro atoms. The van der Waals surface area contributed by atoms with Gasteiger partial charge in [-0.15, -0.1) is 0 Å². The number of barbiturate groups is 1. The number of anilines is 1. The van der Waals surface area contributed by atoms with Crippen molar-refractivity contribution in [3.8, 4) is 17.2 Å². The van der Waals surface area contributed by atoms with Crippen molar-refractivity contribution in [3.05, 3.63) is 128 Å². The molecule has 0 bridgehead atoms. The van der Waals surface area contributed by atoms with Crippen LogP contribution in [0.5, 0.6) is 17.2 Å². The Bertz CT molecular complexity index is 1770. The van der Waals surface area contributed by atoms with Crippen molar-refractivity contribution in [2.75, 3.05) is 12.0 Å². The van der Waals surface area contributed by atoms with Gasteiger partial charge in [0.15, 0.2) is 11.5 Å². The Morgan fingerprint density at radius 2 is 1.59 bits per heavy atom. The van der Waals surface area contributed by atoms with Gasteiger partial charge in [0, 0.05) is 17.2 Å². The average molecular weight is 614 g/mol. The van der Waals surface area contributed by atoms with Crippen molar-refractivity contribution >= 4 is 46.9 Å². The van der Waals surface area contributed by atoms with Crippen LogP contribution in [-0.2, 0) is 22.8 Å². The molecule has 1 N–H and O–H groups in total. The first-order valence-electron chi connectivity index (χ1n) is 13.1. The lowest BCUT2D eigenvalue weighted by Crippen LogP contribution is -2.54. The molecule has 4 aromatic rings. The minimum atomic E-state index is -0.880. The minimum Gasteiger partial charge on any atom is -0.493 e. The SMILES string of the molecule is COc1cc(/C=C2\C(=O)NC(=O)N(c3ccc(OCc4ccc(Cl)cc4)cc3)C2=O)ccc1OCc1cccc([N+](=O)[O-])c1. The predicted molar refractivity (Wildman–Crippen MR) is 162 cm³/mol. The average Bonchev–Trinajstić information content (AvgIpc) is 3.02. The number of rotatable bonds is 10. The molecule has 5 rings (SSSR count). The molecular weight excluding hydrogens is 590 g/mol. The normalized spacial score (nSPS) is 13.9. The molecule has 1 heterocycles. The maximum atomic E-state index is 13.4. The lowest BCUT2D eigenvalue weighted by atomic mass is 10.1. The number of carbonyl (C=O) groups excluding carboxylic acids is 3. The molecule has 12 heteroatoms. The molecule has 1 fully saturated rings. The molecule has 0 aliphatic carbocycles. The molecule has 0 radical (unpaired) electrons. The van der Waals surface area contributed by atoms with Crippen LogP contribution in [0.3, 0.4) is 0 Å². The number of imide groups is 2. The lowest BCUT2D eigenvalue weighted by Gasteiger charge is -2.26. The van der Waals surface area contributed by atoms with Gasteiger partial charge in [-0.05, 0) is 71.3 Å². The van der Waals surface area contributed by atoms with E-state index < -0.39 is 22.8 Å². The van der Waals surface area contributed by atoms with Crippen molar-refractivity contribution in [2.45, 2.75) is 13.2 Å². The van der Waals surface area contributed by atoms with Gasteiger partial charge in [0.25, 0.3) is 17.5 Å². The quantitative estimate of drug-likeness (QED) is 0.0983. The van der Waals surface area contributed by atoms with Gasteiger partial charge in [-0.3, -0.25) is 25.0 Å². The molecule has 1 saturated heterocycles. The summed E-state index contributed by atoms with van der Waals surface area (Å²) in [7, 11) is 1.42. The third-order valence-electron chi connectivity index (χ3n) is 6.53. The molecule has 222 valence electrons. The third-order valence-corrected chi connectivity index (χ3v) is 6.78. The monoisotopic (exact) mass is 613 g/mol. The summed E-state index contributed by atoms with van der Waals surface area (Å²) < 4.78 is 17.0. The van der Waals surface area contributed by atoms with E-state index in [9.17, 15) is 24.5 Å². The molecule has 0 atom stereocenters. The second kappa shape index (κ2) is 13.1. The fourth-order valence-corrected chi connectivity index (χ4v) is 4.44. The Balaban J connectivity index is 1.30. The van der Waals surface area contributed by atoms with Crippen LogP contribution in [0.1, 0.15) is 16.7 Å². The number of ether oxygens (including phenoxy) is 3. The Morgan fingerprint density at radius 3 is 2.30 bits per heavy atom. The minimum absolute atomic E-state index is 0.0431. The predicted octanol–water partition coefficient (Wildman–Crippen LogP) is 6.08. The van der Waals surface area contributed by atoms with E-state index in [0.29, 0.717) is 40.0 Å². The number of urea groups is 1. The molecular formula is C32H24ClN3O8. The molecule has 1 aliphatic heterocycles. The van der Waals surface area contributed by atoms with Crippen molar-refractivity contribution in [3.63, 3.8) is 0 Å². The topological polar surface area (TPSA) is 137 Å². The van der Waals surface area contributed by atoms with Crippen LogP contribution in [0.2, 0.25) is 5.02 Å². The van der Waals surface area contributed by atoms with E-state index in [1.165, 1.54) is 25.3 Å². The smallest absolute Gasteiger partial charge is 0.335 e. The first-order valence-corrected chi connectivity index (χ1v) is 13.5. The summed E-state index contributed by atoms with van der Waals surface area (Å²) in [6.07, 6.45) is 1.34. The van der Waals surface area contributed by atoms with Gasteiger partial charge in [0.2, 0.25) is 0 Å². The highest BCUT2D eigenvalue weighted by molar-refractivity contribution is 6.39. The summed E-state index contributed by atoms with van der Waals surface area (Å²) in [6.45, 7) is 0.338. The zero-order valence-corrected chi connectivity index (χ0v) is 23.9. The summed E-state index contributed by atoms with van der Waals surface area (Å²) in [5.74, 6) is -0.491. The molecule has 0 unspecified atom stereocenters. The number of carbonyl (C=O) groups is 3. The van der Waals surface area contributed by atoms with Gasteiger partial charge >= 0.3 is 6.03 Å². The number of non-ortho nitro benzene ring substituents is 1. The van der Waals surface area contributed by atoms with E-state index in [1.54, 1.807) is 66.7 Å². The van der Waals surface area contributed by atoms with E-state index in [4.69, 9.17) is 25.8 Å². The van der Waals surface area contributed by atoms with E-state index in [-0.39, 0.29) is 23.6 Å². The molecule has 4 aromatic carbocycles. The Labute approximate surface area is 256 Å². The van der Waals surface area contributed by atoms with E-state index in [2.05, 4.69) is 5.32 Å². The van der Waals surface area contributed by atoms with Gasteiger partial charge in [-0.1, -0.05) is 41.9 Å². The zero-order chi connectivity index (χ0) is 31.2. The number of nitro benzene ring substituents is 1. The van der Waals surface area contributed by atoms with Crippen LogP contribution < -0.4 is 24.4 Å². The van der Waals surface area contributed by atoms with Crippen molar-refractivity contribution < 1.29 is 33.5 Å². The number of amides is 4. The van der Waals surface area contributed by atoms with E-state index in [1.807, 2.05) is 12.1 Å². The highest BCUT2D eigenvalue weighted by Gasteiger charge is 2.36. The summed E-state index contributed by atoms with van der Waals surface area (Å²) >= 11 is 5.91. The fourth-order valence-electron chi connectivity index (χ4n) is 4.31. The van der Waals surface area contributed by atoms with Gasteiger partial charge in [0.1, 0.15) is 24.5 Å². The number of halogens is 1. The lowest BCUT2D eigenvalue weighted by molar-refractivity contribution is -0.384. The van der Waals surface area contributed by atoms with Crippen LogP contribution in [0.25, 0.3) is 6.08 Å². The highest BCUT2D eigenvalue weighted by Crippen LogP contribution is 2.31. The van der Waals surface area contributed by atoms with Crippen molar-refractivity contribution in [2.24, 2.45) is 0 Å². The highest BCUT2D eigenvalue weighted by atomic mass is 35.5. The third kappa shape index (κ3) is 6.85. The molecule has 4 amide bonds. The number of hydrogen-bond donors (Lipinski definition) is 1. The summed E-state index contributed by atoms with van der Waals surface area (Å²) in [5.41, 5.74) is 1.86. The van der Waals surface area contributed by atoms with Crippen LogP contribution in [0.4, 0.5) is 16.2 Å². The second-order valence-corrected chi connectivity index (χ2v) is 9.93. The number of nitrogens with zero attached hydrogens (tertiary/aromatic N) is 2. The number of benzene rings is 4. The largest absolute Gasteiger partial charge is 0.493 e. The van der Waals surface area contributed by atoms with Crippen LogP contribution in [-0.4, -0.2) is 29.9 Å². The molecule has 0 saturated carbocycles. The Morgan fingerprint density at radius 1 is 0.864 bits per heavy atom. The Hall–Kier alpha value is -5.68. The van der Waals surface area contributed by atoms with Gasteiger partial charge in [-0.25, -0.2) is 9.69 Å². The second-order valence-electron chi connectivity index (χ2n) is 9.49. The molecule has 44 heavy (non-hydrogen) atoms. The number of methoxy groups -OCH3 is 1. The van der Waals surface area contributed by atoms with E-state index >= 15 is 0 Å². The molecule has 11 nitrogen and oxygen atoms in total. The first kappa shape index (κ1) is 29.8. The van der Waals surface area contributed by atoms with Crippen LogP contribution in [0, 0.1) is 10.1 Å². The number of hydrogen-bond acceptors (Lipinski definition) is 8. The number of nitro groups is 1. The first-order chi connectivity index (χ1) is 21.2.